The zero-order chi connectivity index (χ0) is 22.9. The van der Waals surface area contributed by atoms with Crippen molar-refractivity contribution in [2.24, 2.45) is 0 Å². The van der Waals surface area contributed by atoms with Crippen LogP contribution in [0.5, 0.6) is 0 Å². The van der Waals surface area contributed by atoms with Crippen LogP contribution in [0.25, 0.3) is 34.0 Å². The lowest BCUT2D eigenvalue weighted by atomic mass is 10.1. The molecule has 32 heavy (non-hydrogen) atoms. The Morgan fingerprint density at radius 2 is 1.62 bits per heavy atom. The summed E-state index contributed by atoms with van der Waals surface area (Å²) in [6, 6.07) is 17.0. The minimum absolute atomic E-state index is 0.170. The fraction of sp³-hybridized carbons (Fsp3) is 0.0909. The molecule has 2 aromatic heterocycles. The van der Waals surface area contributed by atoms with E-state index in [2.05, 4.69) is 21.2 Å². The number of aromatic nitrogens is 3. The summed E-state index contributed by atoms with van der Waals surface area (Å²) in [5.41, 5.74) is 9.39. The number of nitrogens with zero attached hydrogens (tertiary/aromatic N) is 5. The Hall–Kier alpha value is -4.07. The number of nitriles is 1. The Kier molecular flexibility index (Phi) is 5.44. The lowest BCUT2D eigenvalue weighted by molar-refractivity contribution is 0.434. The van der Waals surface area contributed by atoms with Gasteiger partial charge in [-0.2, -0.15) is 5.26 Å². The lowest BCUT2D eigenvalue weighted by Crippen LogP contribution is -2.22. The molecule has 4 aromatic rings. The third-order valence-electron chi connectivity index (χ3n) is 4.78. The van der Waals surface area contributed by atoms with Crippen molar-refractivity contribution < 1.29 is 12.9 Å². The van der Waals surface area contributed by atoms with Crippen LogP contribution in [-0.2, 0) is 10.0 Å². The molecule has 0 saturated carbocycles. The molecule has 160 valence electrons. The zero-order valence-corrected chi connectivity index (χ0v) is 18.0. The minimum Gasteiger partial charge on any atom is -0.382 e. The van der Waals surface area contributed by atoms with Crippen LogP contribution in [0.1, 0.15) is 5.56 Å². The summed E-state index contributed by atoms with van der Waals surface area (Å²) < 4.78 is 31.1. The van der Waals surface area contributed by atoms with Crippen LogP contribution in [0.3, 0.4) is 0 Å². The lowest BCUT2D eigenvalue weighted by Gasteiger charge is -2.11. The van der Waals surface area contributed by atoms with Gasteiger partial charge in [0.1, 0.15) is 5.69 Å². The van der Waals surface area contributed by atoms with Gasteiger partial charge in [0.25, 0.3) is 0 Å². The summed E-state index contributed by atoms with van der Waals surface area (Å²) in [5, 5.41) is 13.0. The fourth-order valence-electron chi connectivity index (χ4n) is 2.97. The molecule has 0 amide bonds. The third kappa shape index (κ3) is 3.94. The maximum Gasteiger partial charge on any atom is 0.242 e. The van der Waals surface area contributed by atoms with Crippen LogP contribution in [0.2, 0.25) is 0 Å². The van der Waals surface area contributed by atoms with Gasteiger partial charge < -0.3 is 10.3 Å². The summed E-state index contributed by atoms with van der Waals surface area (Å²) in [4.78, 5) is 8.93. The Labute approximate surface area is 184 Å². The van der Waals surface area contributed by atoms with Crippen molar-refractivity contribution in [2.45, 2.75) is 4.90 Å². The molecular formula is C22H18N6O3S. The smallest absolute Gasteiger partial charge is 0.242 e. The number of rotatable bonds is 5. The summed E-state index contributed by atoms with van der Waals surface area (Å²) in [6.07, 6.45) is 1.51. The van der Waals surface area contributed by atoms with E-state index >= 15 is 0 Å². The number of nitrogens with two attached hydrogens (primary N) is 1. The van der Waals surface area contributed by atoms with E-state index in [1.54, 1.807) is 42.5 Å². The molecule has 4 rings (SSSR count). The minimum atomic E-state index is -3.53. The SMILES string of the molecule is CN(C)S(=O)(=O)c1ccc(-c2cnc(N)c(-c3cc(-c4ccc(C#N)cc4)no3)n2)cc1. The van der Waals surface area contributed by atoms with E-state index in [4.69, 9.17) is 15.5 Å². The molecule has 10 heteroatoms. The summed E-state index contributed by atoms with van der Waals surface area (Å²) in [6.45, 7) is 0. The second-order valence-electron chi connectivity index (χ2n) is 7.07. The third-order valence-corrected chi connectivity index (χ3v) is 6.61. The van der Waals surface area contributed by atoms with Gasteiger partial charge in [-0.05, 0) is 24.3 Å². The summed E-state index contributed by atoms with van der Waals surface area (Å²) in [5.74, 6) is 0.506. The van der Waals surface area contributed by atoms with Crippen LogP contribution in [0.15, 0.2) is 70.2 Å². The first-order valence-electron chi connectivity index (χ1n) is 9.42. The number of nitrogen functional groups attached to an aromatic ring is 1. The molecule has 0 aliphatic heterocycles. The van der Waals surface area contributed by atoms with Gasteiger partial charge in [-0.15, -0.1) is 0 Å². The van der Waals surface area contributed by atoms with E-state index in [0.29, 0.717) is 34.0 Å². The molecule has 2 aromatic carbocycles. The maximum absolute atomic E-state index is 12.3. The van der Waals surface area contributed by atoms with Crippen molar-refractivity contribution in [2.75, 3.05) is 19.8 Å². The average molecular weight is 446 g/mol. The topological polar surface area (TPSA) is 139 Å². The molecule has 0 saturated heterocycles. The normalized spacial score (nSPS) is 11.4. The second-order valence-corrected chi connectivity index (χ2v) is 9.22. The molecule has 0 unspecified atom stereocenters. The maximum atomic E-state index is 12.3. The van der Waals surface area contributed by atoms with Gasteiger partial charge in [0.15, 0.2) is 17.3 Å². The van der Waals surface area contributed by atoms with Crippen LogP contribution in [0, 0.1) is 11.3 Å². The standard InChI is InChI=1S/C22H18N6O3S/c1-28(2)32(29,30)17-9-7-16(8-10-17)19-13-25-22(24)21(26-19)20-11-18(27-31-20)15-5-3-14(12-23)4-6-15/h3-11,13H,1-2H3,(H2,24,25). The molecule has 0 spiro atoms. The van der Waals surface area contributed by atoms with Gasteiger partial charge in [-0.3, -0.25) is 0 Å². The van der Waals surface area contributed by atoms with Crippen LogP contribution in [-0.4, -0.2) is 41.9 Å². The second kappa shape index (κ2) is 8.22. The first-order valence-corrected chi connectivity index (χ1v) is 10.9. The van der Waals surface area contributed by atoms with E-state index in [9.17, 15) is 8.42 Å². The van der Waals surface area contributed by atoms with Crippen molar-refractivity contribution in [3.63, 3.8) is 0 Å². The first-order chi connectivity index (χ1) is 15.3. The monoisotopic (exact) mass is 446 g/mol. The van der Waals surface area contributed by atoms with Crippen molar-refractivity contribution in [3.05, 3.63) is 66.4 Å². The van der Waals surface area contributed by atoms with Crippen molar-refractivity contribution in [1.29, 1.82) is 5.26 Å². The number of anilines is 1. The predicted octanol–water partition coefficient (Wildman–Crippen LogP) is 3.17. The zero-order valence-electron chi connectivity index (χ0n) is 17.2. The van der Waals surface area contributed by atoms with Crippen LogP contribution >= 0.6 is 0 Å². The van der Waals surface area contributed by atoms with Gasteiger partial charge >= 0.3 is 0 Å². The van der Waals surface area contributed by atoms with Crippen molar-refractivity contribution in [3.8, 4) is 40.0 Å². The van der Waals surface area contributed by atoms with Gasteiger partial charge in [-0.1, -0.05) is 29.4 Å². The predicted molar refractivity (Wildman–Crippen MR) is 118 cm³/mol. The first kappa shape index (κ1) is 21.2. The highest BCUT2D eigenvalue weighted by atomic mass is 32.2. The Morgan fingerprint density at radius 3 is 2.25 bits per heavy atom. The number of benzene rings is 2. The largest absolute Gasteiger partial charge is 0.382 e. The quantitative estimate of drug-likeness (QED) is 0.493. The van der Waals surface area contributed by atoms with Crippen molar-refractivity contribution in [1.82, 2.24) is 19.4 Å². The number of hydrogen-bond donors (Lipinski definition) is 1. The average Bonchev–Trinajstić information content (AvgIpc) is 3.29. The van der Waals surface area contributed by atoms with E-state index in [-0.39, 0.29) is 10.7 Å². The molecule has 0 bridgehead atoms. The Bertz CT molecular complexity index is 1420. The van der Waals surface area contributed by atoms with Gasteiger partial charge in [0, 0.05) is 31.3 Å². The molecule has 0 aliphatic carbocycles. The molecule has 0 atom stereocenters. The van der Waals surface area contributed by atoms with E-state index in [1.165, 1.54) is 32.4 Å². The fourth-order valence-corrected chi connectivity index (χ4v) is 3.87. The number of sulfonamides is 1. The highest BCUT2D eigenvalue weighted by Gasteiger charge is 2.18. The number of hydrogen-bond acceptors (Lipinski definition) is 8. The van der Waals surface area contributed by atoms with Gasteiger partial charge in [-0.25, -0.2) is 22.7 Å². The van der Waals surface area contributed by atoms with E-state index in [0.717, 1.165) is 9.87 Å². The molecule has 0 fully saturated rings. The molecule has 2 heterocycles. The van der Waals surface area contributed by atoms with Gasteiger partial charge in [0.05, 0.1) is 28.4 Å². The Balaban J connectivity index is 1.67. The van der Waals surface area contributed by atoms with Gasteiger partial charge in [0.2, 0.25) is 10.0 Å². The van der Waals surface area contributed by atoms with Crippen LogP contribution in [0.4, 0.5) is 5.82 Å². The summed E-state index contributed by atoms with van der Waals surface area (Å²) >= 11 is 0. The molecule has 0 radical (unpaired) electrons. The molecular weight excluding hydrogens is 428 g/mol. The Morgan fingerprint density at radius 1 is 1.00 bits per heavy atom. The summed E-state index contributed by atoms with van der Waals surface area (Å²) in [7, 11) is -0.572. The van der Waals surface area contributed by atoms with Crippen molar-refractivity contribution >= 4 is 15.8 Å². The molecule has 9 nitrogen and oxygen atoms in total. The van der Waals surface area contributed by atoms with E-state index in [1.807, 2.05) is 0 Å². The van der Waals surface area contributed by atoms with E-state index < -0.39 is 10.0 Å². The highest BCUT2D eigenvalue weighted by molar-refractivity contribution is 7.89. The highest BCUT2D eigenvalue weighted by Crippen LogP contribution is 2.30. The molecule has 2 N–H and O–H groups in total. The molecule has 0 aliphatic rings. The van der Waals surface area contributed by atoms with Crippen LogP contribution < -0.4 is 5.73 Å².